The van der Waals surface area contributed by atoms with Gasteiger partial charge in [0.15, 0.2) is 11.1 Å². The van der Waals surface area contributed by atoms with Gasteiger partial charge in [-0.1, -0.05) is 66.7 Å². The van der Waals surface area contributed by atoms with Crippen LogP contribution in [0.2, 0.25) is 0 Å². The summed E-state index contributed by atoms with van der Waals surface area (Å²) < 4.78 is 0. The number of aromatic nitrogens is 2. The lowest BCUT2D eigenvalue weighted by Crippen LogP contribution is -2.32. The van der Waals surface area contributed by atoms with Crippen molar-refractivity contribution in [1.29, 1.82) is 0 Å². The van der Waals surface area contributed by atoms with E-state index >= 15 is 0 Å². The molecule has 0 unspecified atom stereocenters. The smallest absolute Gasteiger partial charge is 0.176 e. The maximum atomic E-state index is 5.09. The molecule has 0 aliphatic rings. The first kappa shape index (κ1) is 21.2. The number of rotatable bonds is 6. The van der Waals surface area contributed by atoms with Crippen LogP contribution in [0, 0.1) is 0 Å². The lowest BCUT2D eigenvalue weighted by atomic mass is 10.3. The molecule has 1 aromatic heterocycles. The van der Waals surface area contributed by atoms with E-state index in [-0.39, 0.29) is 0 Å². The molecule has 33 heavy (non-hydrogen) atoms. The summed E-state index contributed by atoms with van der Waals surface area (Å²) >= 11 is 0. The standard InChI is InChI=1S/C29H27N3P/c1-32(2)22-28(29-30-26-20-12-13-21-27(26)31-29)33(23-14-6-3-7-15-23,24-16-8-4-9-17-24)25-18-10-5-11-19-25/h3-22H,1-2H3,(H,30,31)/q+1/b28-22-. The second-order valence-electron chi connectivity index (χ2n) is 8.26. The first-order valence-corrected chi connectivity index (χ1v) is 12.9. The Bertz CT molecular complexity index is 1240. The highest BCUT2D eigenvalue weighted by molar-refractivity contribution is 8.03. The van der Waals surface area contributed by atoms with Crippen molar-refractivity contribution in [2.75, 3.05) is 14.1 Å². The third-order valence-electron chi connectivity index (χ3n) is 5.80. The van der Waals surface area contributed by atoms with E-state index < -0.39 is 7.26 Å². The average Bonchev–Trinajstić information content (AvgIpc) is 3.30. The Labute approximate surface area is 195 Å². The van der Waals surface area contributed by atoms with Gasteiger partial charge in [-0.25, -0.2) is 4.98 Å². The predicted molar refractivity (Wildman–Crippen MR) is 143 cm³/mol. The Morgan fingerprint density at radius 3 is 1.58 bits per heavy atom. The fraction of sp³-hybridized carbons (Fsp3) is 0.0690. The number of nitrogens with one attached hydrogen (secondary N) is 1. The number of H-pyrrole nitrogens is 1. The number of para-hydroxylation sites is 2. The molecular formula is C29H27N3P+. The fourth-order valence-corrected chi connectivity index (χ4v) is 8.86. The molecule has 4 heteroatoms. The minimum absolute atomic E-state index is 0.912. The Balaban J connectivity index is 1.92. The first-order chi connectivity index (χ1) is 16.2. The molecule has 0 aliphatic carbocycles. The van der Waals surface area contributed by atoms with Crippen LogP contribution in [-0.4, -0.2) is 29.0 Å². The fourth-order valence-electron chi connectivity index (χ4n) is 4.44. The second-order valence-corrected chi connectivity index (χ2v) is 11.6. The van der Waals surface area contributed by atoms with E-state index in [4.69, 9.17) is 4.98 Å². The monoisotopic (exact) mass is 448 g/mol. The van der Waals surface area contributed by atoms with Crippen LogP contribution < -0.4 is 15.9 Å². The molecule has 5 aromatic rings. The molecule has 0 spiro atoms. The summed E-state index contributed by atoms with van der Waals surface area (Å²) in [6, 6.07) is 40.9. The minimum atomic E-state index is -2.27. The highest BCUT2D eigenvalue weighted by atomic mass is 31.2. The summed E-state index contributed by atoms with van der Waals surface area (Å²) in [6.07, 6.45) is 2.25. The van der Waals surface area contributed by atoms with E-state index in [0.29, 0.717) is 0 Å². The molecule has 0 saturated carbocycles. The van der Waals surface area contributed by atoms with Gasteiger partial charge in [0.2, 0.25) is 0 Å². The Kier molecular flexibility index (Phi) is 5.81. The number of aromatic amines is 1. The van der Waals surface area contributed by atoms with Crippen LogP contribution in [-0.2, 0) is 0 Å². The molecule has 162 valence electrons. The van der Waals surface area contributed by atoms with Gasteiger partial charge in [-0.3, -0.25) is 0 Å². The van der Waals surface area contributed by atoms with E-state index in [2.05, 4.69) is 133 Å². The van der Waals surface area contributed by atoms with Crippen LogP contribution >= 0.6 is 7.26 Å². The molecule has 0 fully saturated rings. The molecule has 1 heterocycles. The lowest BCUT2D eigenvalue weighted by Gasteiger charge is -2.29. The number of fused-ring (bicyclic) bond motifs is 1. The third-order valence-corrected chi connectivity index (χ3v) is 10.1. The zero-order valence-corrected chi connectivity index (χ0v) is 19.8. The van der Waals surface area contributed by atoms with Gasteiger partial charge in [-0.2, -0.15) is 0 Å². The zero-order chi connectivity index (χ0) is 22.7. The van der Waals surface area contributed by atoms with Crippen molar-refractivity contribution in [3.05, 3.63) is 127 Å². The van der Waals surface area contributed by atoms with Gasteiger partial charge in [0.05, 0.1) is 11.0 Å². The Morgan fingerprint density at radius 2 is 1.12 bits per heavy atom. The summed E-state index contributed by atoms with van der Waals surface area (Å²) in [5.41, 5.74) is 2.02. The highest BCUT2D eigenvalue weighted by Gasteiger charge is 2.51. The summed E-state index contributed by atoms with van der Waals surface area (Å²) in [5, 5.41) is 5.11. The van der Waals surface area contributed by atoms with Gasteiger partial charge >= 0.3 is 0 Å². The lowest BCUT2D eigenvalue weighted by molar-refractivity contribution is 0.566. The summed E-state index contributed by atoms with van der Waals surface area (Å²) in [7, 11) is 1.89. The van der Waals surface area contributed by atoms with Crippen LogP contribution in [0.3, 0.4) is 0 Å². The van der Waals surface area contributed by atoms with Crippen molar-refractivity contribution in [3.8, 4) is 0 Å². The Hall–Kier alpha value is -3.68. The molecule has 0 atom stereocenters. The van der Waals surface area contributed by atoms with Gasteiger partial charge < -0.3 is 9.88 Å². The van der Waals surface area contributed by atoms with Gasteiger partial charge in [-0.15, -0.1) is 0 Å². The van der Waals surface area contributed by atoms with E-state index in [9.17, 15) is 0 Å². The van der Waals surface area contributed by atoms with E-state index in [1.807, 2.05) is 12.1 Å². The largest absolute Gasteiger partial charge is 0.380 e. The topological polar surface area (TPSA) is 31.9 Å². The minimum Gasteiger partial charge on any atom is -0.380 e. The van der Waals surface area contributed by atoms with Crippen LogP contribution in [0.4, 0.5) is 0 Å². The van der Waals surface area contributed by atoms with E-state index in [1.54, 1.807) is 0 Å². The quantitative estimate of drug-likeness (QED) is 0.352. The van der Waals surface area contributed by atoms with Crippen molar-refractivity contribution < 1.29 is 0 Å². The second kappa shape index (κ2) is 9.05. The summed E-state index contributed by atoms with van der Waals surface area (Å²) in [4.78, 5) is 10.9. The SMILES string of the molecule is CN(C)/C=C(/c1nc2ccccc2[nH]1)[P+](c1ccccc1)(c1ccccc1)c1ccccc1. The van der Waals surface area contributed by atoms with E-state index in [1.165, 1.54) is 21.2 Å². The number of imidazole rings is 1. The predicted octanol–water partition coefficient (Wildman–Crippen LogP) is 5.42. The molecule has 3 nitrogen and oxygen atoms in total. The molecule has 0 aliphatic heterocycles. The van der Waals surface area contributed by atoms with Gasteiger partial charge in [0.25, 0.3) is 0 Å². The number of hydrogen-bond donors (Lipinski definition) is 1. The molecule has 4 aromatic carbocycles. The van der Waals surface area contributed by atoms with Gasteiger partial charge in [0, 0.05) is 20.3 Å². The highest BCUT2D eigenvalue weighted by Crippen LogP contribution is 2.65. The maximum Gasteiger partial charge on any atom is 0.176 e. The molecule has 0 saturated heterocycles. The van der Waals surface area contributed by atoms with E-state index in [0.717, 1.165) is 16.9 Å². The van der Waals surface area contributed by atoms with Gasteiger partial charge in [0.1, 0.15) is 23.2 Å². The maximum absolute atomic E-state index is 5.09. The molecule has 1 N–H and O–H groups in total. The number of nitrogens with zero attached hydrogens (tertiary/aromatic N) is 2. The first-order valence-electron chi connectivity index (χ1n) is 11.1. The molecule has 0 bridgehead atoms. The van der Waals surface area contributed by atoms with Crippen LogP contribution in [0.15, 0.2) is 121 Å². The van der Waals surface area contributed by atoms with Crippen LogP contribution in [0.5, 0.6) is 0 Å². The van der Waals surface area contributed by atoms with Crippen LogP contribution in [0.25, 0.3) is 16.3 Å². The third kappa shape index (κ3) is 3.86. The molecule has 5 rings (SSSR count). The van der Waals surface area contributed by atoms with Crippen molar-refractivity contribution in [1.82, 2.24) is 14.9 Å². The molecular weight excluding hydrogens is 421 g/mol. The molecule has 0 radical (unpaired) electrons. The van der Waals surface area contributed by atoms with Crippen molar-refractivity contribution in [3.63, 3.8) is 0 Å². The summed E-state index contributed by atoms with van der Waals surface area (Å²) in [6.45, 7) is 0. The average molecular weight is 449 g/mol. The van der Waals surface area contributed by atoms with Gasteiger partial charge in [-0.05, 0) is 48.5 Å². The Morgan fingerprint density at radius 1 is 0.667 bits per heavy atom. The van der Waals surface area contributed by atoms with Crippen molar-refractivity contribution >= 4 is 39.5 Å². The van der Waals surface area contributed by atoms with Crippen molar-refractivity contribution in [2.24, 2.45) is 0 Å². The van der Waals surface area contributed by atoms with Crippen molar-refractivity contribution in [2.45, 2.75) is 0 Å². The number of hydrogen-bond acceptors (Lipinski definition) is 2. The normalized spacial score (nSPS) is 12.1. The zero-order valence-electron chi connectivity index (χ0n) is 18.9. The number of benzene rings is 4. The van der Waals surface area contributed by atoms with Crippen LogP contribution in [0.1, 0.15) is 5.82 Å². The molecule has 0 amide bonds. The summed E-state index contributed by atoms with van der Waals surface area (Å²) in [5.74, 6) is 0.912.